The van der Waals surface area contributed by atoms with Crippen LogP contribution >= 0.6 is 0 Å². The molecule has 1 rings (SSSR count). The smallest absolute Gasteiger partial charge is 0.422 e. The van der Waals surface area contributed by atoms with Gasteiger partial charge in [-0.2, -0.15) is 13.2 Å². The van der Waals surface area contributed by atoms with E-state index < -0.39 is 24.5 Å². The van der Waals surface area contributed by atoms with E-state index in [1.807, 2.05) is 0 Å². The van der Waals surface area contributed by atoms with Crippen molar-refractivity contribution in [2.45, 2.75) is 13.1 Å². The number of rotatable bonds is 3. The highest BCUT2D eigenvalue weighted by Gasteiger charge is 2.29. The lowest BCUT2D eigenvalue weighted by atomic mass is 10.2. The first-order valence-electron chi connectivity index (χ1n) is 4.07. The minimum absolute atomic E-state index is 0.479. The van der Waals surface area contributed by atoms with E-state index in [2.05, 4.69) is 9.72 Å². The van der Waals surface area contributed by atoms with Crippen LogP contribution in [0.25, 0.3) is 0 Å². The fourth-order valence-electron chi connectivity index (χ4n) is 0.854. The molecule has 0 saturated carbocycles. The molecule has 1 aromatic heterocycles. The van der Waals surface area contributed by atoms with Gasteiger partial charge in [0.1, 0.15) is 0 Å². The molecule has 0 aromatic carbocycles. The van der Waals surface area contributed by atoms with Crippen LogP contribution < -0.4 is 4.74 Å². The molecule has 1 aromatic rings. The van der Waals surface area contributed by atoms with Gasteiger partial charge in [0.25, 0.3) is 5.88 Å². The van der Waals surface area contributed by atoms with Gasteiger partial charge in [0.15, 0.2) is 12.4 Å². The molecule has 0 aliphatic carbocycles. The van der Waals surface area contributed by atoms with Gasteiger partial charge in [-0.3, -0.25) is 0 Å². The van der Waals surface area contributed by atoms with Crippen molar-refractivity contribution in [3.05, 3.63) is 30.1 Å². The van der Waals surface area contributed by atoms with Gasteiger partial charge < -0.3 is 4.74 Å². The van der Waals surface area contributed by atoms with Crippen LogP contribution in [0.3, 0.4) is 0 Å². The lowest BCUT2D eigenvalue weighted by Crippen LogP contribution is -2.20. The number of aromatic nitrogens is 1. The molecule has 0 bridgehead atoms. The maximum atomic E-state index is 13.0. The number of pyridine rings is 1. The van der Waals surface area contributed by atoms with E-state index in [9.17, 15) is 17.6 Å². The Morgan fingerprint density at radius 2 is 2.13 bits per heavy atom. The second kappa shape index (κ2) is 4.46. The molecule has 1 heterocycles. The molecule has 0 aliphatic heterocycles. The van der Waals surface area contributed by atoms with E-state index in [0.717, 1.165) is 6.07 Å². The van der Waals surface area contributed by atoms with Crippen LogP contribution in [0.5, 0.6) is 5.88 Å². The number of hydrogen-bond acceptors (Lipinski definition) is 2. The molecule has 0 unspecified atom stereocenters. The lowest BCUT2D eigenvalue weighted by molar-refractivity contribution is -0.154. The Bertz CT molecular complexity index is 337. The molecule has 0 N–H and O–H groups in total. The summed E-state index contributed by atoms with van der Waals surface area (Å²) in [5.74, 6) is -1.55. The first-order chi connectivity index (χ1) is 6.92. The minimum atomic E-state index is -4.50. The molecule has 2 nitrogen and oxygen atoms in total. The zero-order valence-electron chi connectivity index (χ0n) is 7.81. The van der Waals surface area contributed by atoms with Crippen molar-refractivity contribution in [1.29, 1.82) is 0 Å². The van der Waals surface area contributed by atoms with Crippen LogP contribution in [0.1, 0.15) is 12.5 Å². The molecule has 0 fully saturated rings. The summed E-state index contributed by atoms with van der Waals surface area (Å²) < 4.78 is 52.4. The molecule has 6 heteroatoms. The predicted molar refractivity (Wildman–Crippen MR) is 44.8 cm³/mol. The highest BCUT2D eigenvalue weighted by atomic mass is 19.4. The normalized spacial score (nSPS) is 11.5. The fraction of sp³-hybridized carbons (Fsp3) is 0.333. The van der Waals surface area contributed by atoms with Gasteiger partial charge in [-0.15, -0.1) is 0 Å². The predicted octanol–water partition coefficient (Wildman–Crippen LogP) is 2.73. The largest absolute Gasteiger partial charge is 0.466 e. The minimum Gasteiger partial charge on any atom is -0.466 e. The third-order valence-corrected chi connectivity index (χ3v) is 1.53. The van der Waals surface area contributed by atoms with Gasteiger partial charge in [-0.1, -0.05) is 6.92 Å². The van der Waals surface area contributed by atoms with Crippen molar-refractivity contribution >= 4 is 0 Å². The van der Waals surface area contributed by atoms with Gasteiger partial charge in [0, 0.05) is 6.20 Å². The summed E-state index contributed by atoms with van der Waals surface area (Å²) >= 11 is 0. The van der Waals surface area contributed by atoms with Crippen LogP contribution in [0.15, 0.2) is 12.3 Å². The van der Waals surface area contributed by atoms with E-state index in [4.69, 9.17) is 0 Å². The van der Waals surface area contributed by atoms with Gasteiger partial charge in [0.2, 0.25) is 0 Å². The summed E-state index contributed by atoms with van der Waals surface area (Å²) in [5.41, 5.74) is 0.479. The average molecular weight is 222 g/mol. The first-order valence-corrected chi connectivity index (χ1v) is 4.07. The summed E-state index contributed by atoms with van der Waals surface area (Å²) in [6.45, 7) is 0.110. The number of nitrogens with zero attached hydrogens (tertiary/aromatic N) is 1. The van der Waals surface area contributed by atoms with Crippen LogP contribution in [0.2, 0.25) is 0 Å². The summed E-state index contributed by atoms with van der Waals surface area (Å²) in [5, 5.41) is 0. The Morgan fingerprint density at radius 3 is 2.60 bits per heavy atom. The molecule has 0 saturated heterocycles. The molecule has 1 radical (unpaired) electrons. The first kappa shape index (κ1) is 11.7. The molecule has 83 valence electrons. The Labute approximate surface area is 83.9 Å². The number of ether oxygens (including phenoxy) is 1. The molecule has 0 aliphatic rings. The van der Waals surface area contributed by atoms with E-state index in [1.54, 1.807) is 13.3 Å². The Kier molecular flexibility index (Phi) is 3.49. The molecule has 0 amide bonds. The van der Waals surface area contributed by atoms with Crippen molar-refractivity contribution < 1.29 is 22.3 Å². The van der Waals surface area contributed by atoms with Crippen molar-refractivity contribution in [2.75, 3.05) is 6.61 Å². The summed E-state index contributed by atoms with van der Waals surface area (Å²) in [6, 6.07) is 1.05. The van der Waals surface area contributed by atoms with E-state index in [0.29, 0.717) is 5.56 Å². The standard InChI is InChI=1S/C9H8F4NO/c1-2-6-3-7(10)8(14-4-6)15-5-9(11,12)13/h2-4H,5H2,1H3. The second-order valence-corrected chi connectivity index (χ2v) is 2.75. The van der Waals surface area contributed by atoms with Crippen molar-refractivity contribution in [3.63, 3.8) is 0 Å². The second-order valence-electron chi connectivity index (χ2n) is 2.75. The molecule has 15 heavy (non-hydrogen) atoms. The van der Waals surface area contributed by atoms with E-state index in [1.165, 1.54) is 6.20 Å². The highest BCUT2D eigenvalue weighted by molar-refractivity contribution is 5.24. The zero-order chi connectivity index (χ0) is 11.5. The highest BCUT2D eigenvalue weighted by Crippen LogP contribution is 2.20. The van der Waals surface area contributed by atoms with Gasteiger partial charge >= 0.3 is 6.18 Å². The molecule has 0 spiro atoms. The van der Waals surface area contributed by atoms with Crippen molar-refractivity contribution in [2.24, 2.45) is 0 Å². The van der Waals surface area contributed by atoms with Crippen LogP contribution in [-0.2, 0) is 0 Å². The Balaban J connectivity index is 2.70. The summed E-state index contributed by atoms with van der Waals surface area (Å²) in [4.78, 5) is 3.42. The lowest BCUT2D eigenvalue weighted by Gasteiger charge is -2.09. The van der Waals surface area contributed by atoms with Crippen LogP contribution in [-0.4, -0.2) is 17.8 Å². The van der Waals surface area contributed by atoms with Crippen LogP contribution in [0.4, 0.5) is 17.6 Å². The molecule has 0 atom stereocenters. The van der Waals surface area contributed by atoms with Gasteiger partial charge in [0.05, 0.1) is 0 Å². The van der Waals surface area contributed by atoms with Gasteiger partial charge in [-0.05, 0) is 18.1 Å². The summed E-state index contributed by atoms with van der Waals surface area (Å²) in [7, 11) is 0. The SMILES string of the molecule is C[CH]c1cnc(OCC(F)(F)F)c(F)c1. The van der Waals surface area contributed by atoms with Gasteiger partial charge in [-0.25, -0.2) is 9.37 Å². The zero-order valence-corrected chi connectivity index (χ0v) is 7.81. The Hall–Kier alpha value is -1.33. The molecular weight excluding hydrogens is 214 g/mol. The fourth-order valence-corrected chi connectivity index (χ4v) is 0.854. The van der Waals surface area contributed by atoms with Crippen molar-refractivity contribution in [1.82, 2.24) is 4.98 Å². The monoisotopic (exact) mass is 222 g/mol. The van der Waals surface area contributed by atoms with Crippen LogP contribution in [0, 0.1) is 12.2 Å². The number of alkyl halides is 3. The Morgan fingerprint density at radius 1 is 1.47 bits per heavy atom. The maximum absolute atomic E-state index is 13.0. The maximum Gasteiger partial charge on any atom is 0.422 e. The topological polar surface area (TPSA) is 22.1 Å². The molecular formula is C9H8F4NO. The summed E-state index contributed by atoms with van der Waals surface area (Å²) in [6.07, 6.45) is -1.69. The third kappa shape index (κ3) is 3.73. The van der Waals surface area contributed by atoms with E-state index >= 15 is 0 Å². The third-order valence-electron chi connectivity index (χ3n) is 1.53. The van der Waals surface area contributed by atoms with E-state index in [-0.39, 0.29) is 0 Å². The number of halogens is 4. The number of hydrogen-bond donors (Lipinski definition) is 0. The average Bonchev–Trinajstić information content (AvgIpc) is 2.14. The quantitative estimate of drug-likeness (QED) is 0.733. The van der Waals surface area contributed by atoms with Crippen molar-refractivity contribution in [3.8, 4) is 5.88 Å².